The molecule has 95 heavy (non-hydrogen) atoms. The molecule has 0 fully saturated rings. The van der Waals surface area contributed by atoms with Gasteiger partial charge in [0.25, 0.3) is 0 Å². The van der Waals surface area contributed by atoms with Crippen LogP contribution in [0.5, 0.6) is 0 Å². The predicted octanol–water partition coefficient (Wildman–Crippen LogP) is 22.5. The van der Waals surface area contributed by atoms with Gasteiger partial charge in [0.1, 0.15) is 19.3 Å². The van der Waals surface area contributed by atoms with Gasteiger partial charge in [0.15, 0.2) is 12.2 Å². The van der Waals surface area contributed by atoms with Gasteiger partial charge in [0, 0.05) is 25.7 Å². The molecule has 0 aliphatic rings. The summed E-state index contributed by atoms with van der Waals surface area (Å²) in [5.74, 6) is -1.42. The van der Waals surface area contributed by atoms with Crippen molar-refractivity contribution >= 4 is 39.5 Å². The van der Waals surface area contributed by atoms with Gasteiger partial charge in [-0.2, -0.15) is 0 Å². The van der Waals surface area contributed by atoms with Crippen LogP contribution in [0.3, 0.4) is 0 Å². The molecule has 5 atom stereocenters. The van der Waals surface area contributed by atoms with Crippen molar-refractivity contribution in [3.8, 4) is 0 Å². The predicted molar refractivity (Wildman–Crippen MR) is 386 cm³/mol. The summed E-state index contributed by atoms with van der Waals surface area (Å²) in [7, 11) is -9.90. The van der Waals surface area contributed by atoms with E-state index in [1.54, 1.807) is 0 Å². The van der Waals surface area contributed by atoms with Crippen LogP contribution in [0.4, 0.5) is 0 Å². The highest BCUT2D eigenvalue weighted by atomic mass is 31.2. The van der Waals surface area contributed by atoms with Crippen LogP contribution in [0.25, 0.3) is 0 Å². The molecule has 564 valence electrons. The average molecular weight is 1400 g/mol. The van der Waals surface area contributed by atoms with Gasteiger partial charge in [-0.15, -0.1) is 0 Å². The van der Waals surface area contributed by atoms with E-state index in [4.69, 9.17) is 37.0 Å². The van der Waals surface area contributed by atoms with Gasteiger partial charge < -0.3 is 33.8 Å². The van der Waals surface area contributed by atoms with Crippen LogP contribution in [0.1, 0.15) is 401 Å². The molecule has 0 amide bonds. The lowest BCUT2D eigenvalue weighted by Crippen LogP contribution is -2.30. The van der Waals surface area contributed by atoms with E-state index in [1.807, 2.05) is 0 Å². The molecule has 0 aromatic rings. The maximum atomic E-state index is 13.1. The fourth-order valence-corrected chi connectivity index (χ4v) is 13.3. The Balaban J connectivity index is 5.16. The largest absolute Gasteiger partial charge is 0.472 e. The molecular weight excluding hydrogens is 1250 g/mol. The second-order valence-electron chi connectivity index (χ2n) is 27.9. The minimum absolute atomic E-state index is 0.104. The summed E-state index contributed by atoms with van der Waals surface area (Å²) in [5.41, 5.74) is 0. The average Bonchev–Trinajstić information content (AvgIpc) is 1.94. The molecule has 0 radical (unpaired) electrons. The van der Waals surface area contributed by atoms with E-state index in [0.717, 1.165) is 89.9 Å². The van der Waals surface area contributed by atoms with Gasteiger partial charge in [-0.1, -0.05) is 349 Å². The zero-order valence-electron chi connectivity index (χ0n) is 61.8. The molecule has 0 rings (SSSR count). The van der Waals surface area contributed by atoms with Gasteiger partial charge >= 0.3 is 39.5 Å². The number of aliphatic hydroxyl groups is 1. The highest BCUT2D eigenvalue weighted by Crippen LogP contribution is 2.45. The maximum absolute atomic E-state index is 13.1. The van der Waals surface area contributed by atoms with Crippen molar-refractivity contribution in [3.05, 3.63) is 0 Å². The van der Waals surface area contributed by atoms with Crippen LogP contribution in [0.2, 0.25) is 0 Å². The van der Waals surface area contributed by atoms with Crippen LogP contribution in [-0.2, 0) is 65.4 Å². The van der Waals surface area contributed by atoms with Crippen molar-refractivity contribution in [1.29, 1.82) is 0 Å². The second kappa shape index (κ2) is 69.2. The van der Waals surface area contributed by atoms with Crippen LogP contribution in [0, 0.1) is 5.92 Å². The Kier molecular flexibility index (Phi) is 67.7. The number of ether oxygens (including phenoxy) is 4. The fraction of sp³-hybridized carbons (Fsp3) is 0.947. The smallest absolute Gasteiger partial charge is 0.462 e. The first-order valence-electron chi connectivity index (χ1n) is 39.6. The van der Waals surface area contributed by atoms with Gasteiger partial charge in [-0.3, -0.25) is 37.3 Å². The number of rotatable bonds is 76. The summed E-state index contributed by atoms with van der Waals surface area (Å²) in [6.45, 7) is 7.20. The van der Waals surface area contributed by atoms with Crippen molar-refractivity contribution in [1.82, 2.24) is 0 Å². The standard InChI is InChI=1S/C76H148O17P2/c1-6-9-12-15-18-21-23-25-27-28-29-30-31-32-33-34-36-38-41-46-51-56-61-75(80)92-71(65-87-74(79)60-55-50-45-40-37-35-26-24-22-19-16-13-10-7-2)67-90-94(82,83)88-63-70(77)64-89-95(84,85)91-68-72(66-86-73(78)59-54-49-44-39-20-17-14-11-8-3)93-76(81)62-57-52-47-42-43-48-53-58-69(4)5/h69-72,77H,6-68H2,1-5H3,(H,82,83)(H,84,85)/t70-,71-,72-/m1/s1. The Hall–Kier alpha value is -1.94. The quantitative estimate of drug-likeness (QED) is 0.0222. The first kappa shape index (κ1) is 93.1. The number of phosphoric acid groups is 2. The Bertz CT molecular complexity index is 1820. The third kappa shape index (κ3) is 70.3. The zero-order chi connectivity index (χ0) is 69.8. The topological polar surface area (TPSA) is 237 Å². The molecule has 0 aromatic heterocycles. The molecule has 0 bridgehead atoms. The minimum Gasteiger partial charge on any atom is -0.462 e. The van der Waals surface area contributed by atoms with Crippen molar-refractivity contribution in [3.63, 3.8) is 0 Å². The Labute approximate surface area is 581 Å². The van der Waals surface area contributed by atoms with E-state index in [1.165, 1.54) is 225 Å². The number of esters is 4. The highest BCUT2D eigenvalue weighted by molar-refractivity contribution is 7.47. The number of carbonyl (C=O) groups excluding carboxylic acids is 4. The van der Waals surface area contributed by atoms with E-state index in [0.29, 0.717) is 31.6 Å². The Morgan fingerprint density at radius 3 is 0.716 bits per heavy atom. The van der Waals surface area contributed by atoms with E-state index in [-0.39, 0.29) is 25.7 Å². The monoisotopic (exact) mass is 1400 g/mol. The molecule has 2 unspecified atom stereocenters. The highest BCUT2D eigenvalue weighted by Gasteiger charge is 2.30. The Morgan fingerprint density at radius 1 is 0.284 bits per heavy atom. The van der Waals surface area contributed by atoms with Gasteiger partial charge in [0.05, 0.1) is 26.4 Å². The third-order valence-electron chi connectivity index (χ3n) is 17.8. The zero-order valence-corrected chi connectivity index (χ0v) is 63.6. The fourth-order valence-electron chi connectivity index (χ4n) is 11.7. The SMILES string of the molecule is CCCCCCCCCCCCCCCCCCCCCCCCC(=O)O[C@H](COC(=O)CCCCCCCCCCCCCCCC)COP(=O)(O)OC[C@@H](O)COP(=O)(O)OC[C@@H](COC(=O)CCCCCCCCCCC)OC(=O)CCCCCCCCCC(C)C. The molecule has 19 heteroatoms. The minimum atomic E-state index is -4.96. The van der Waals surface area contributed by atoms with E-state index < -0.39 is 97.5 Å². The molecule has 0 spiro atoms. The molecule has 3 N–H and O–H groups in total. The summed E-state index contributed by atoms with van der Waals surface area (Å²) in [4.78, 5) is 72.7. The number of unbranched alkanes of at least 4 members (excludes halogenated alkanes) is 48. The first-order chi connectivity index (χ1) is 46.0. The molecule has 0 heterocycles. The van der Waals surface area contributed by atoms with Crippen molar-refractivity contribution < 1.29 is 80.2 Å². The van der Waals surface area contributed by atoms with Crippen LogP contribution in [-0.4, -0.2) is 96.7 Å². The van der Waals surface area contributed by atoms with Crippen LogP contribution in [0.15, 0.2) is 0 Å². The van der Waals surface area contributed by atoms with Crippen molar-refractivity contribution in [2.24, 2.45) is 5.92 Å². The molecule has 0 aliphatic carbocycles. The third-order valence-corrected chi connectivity index (χ3v) is 19.7. The molecule has 0 saturated heterocycles. The summed E-state index contributed by atoms with van der Waals surface area (Å²) in [6.07, 6.45) is 58.6. The molecule has 0 saturated carbocycles. The van der Waals surface area contributed by atoms with E-state index >= 15 is 0 Å². The van der Waals surface area contributed by atoms with Crippen molar-refractivity contribution in [2.45, 2.75) is 419 Å². The molecule has 17 nitrogen and oxygen atoms in total. The lowest BCUT2D eigenvalue weighted by molar-refractivity contribution is -0.161. The lowest BCUT2D eigenvalue weighted by Gasteiger charge is -2.21. The van der Waals surface area contributed by atoms with Gasteiger partial charge in [-0.05, 0) is 31.6 Å². The number of hydrogen-bond acceptors (Lipinski definition) is 15. The lowest BCUT2D eigenvalue weighted by atomic mass is 10.0. The van der Waals surface area contributed by atoms with Gasteiger partial charge in [-0.25, -0.2) is 9.13 Å². The Morgan fingerprint density at radius 2 is 0.484 bits per heavy atom. The molecule has 0 aliphatic heterocycles. The number of hydrogen-bond donors (Lipinski definition) is 3. The number of aliphatic hydroxyl groups excluding tert-OH is 1. The number of phosphoric ester groups is 2. The molecular formula is C76H148O17P2. The maximum Gasteiger partial charge on any atom is 0.472 e. The van der Waals surface area contributed by atoms with E-state index in [2.05, 4.69) is 34.6 Å². The van der Waals surface area contributed by atoms with Crippen LogP contribution < -0.4 is 0 Å². The summed E-state index contributed by atoms with van der Waals surface area (Å²) >= 11 is 0. The molecule has 0 aromatic carbocycles. The summed E-state index contributed by atoms with van der Waals surface area (Å²) < 4.78 is 68.4. The van der Waals surface area contributed by atoms with E-state index in [9.17, 15) is 43.2 Å². The van der Waals surface area contributed by atoms with Crippen LogP contribution >= 0.6 is 15.6 Å². The normalized spacial score (nSPS) is 13.9. The van der Waals surface area contributed by atoms with Gasteiger partial charge in [0.2, 0.25) is 0 Å². The summed E-state index contributed by atoms with van der Waals surface area (Å²) in [5, 5.41) is 10.6. The second-order valence-corrected chi connectivity index (χ2v) is 30.8. The first-order valence-corrected chi connectivity index (χ1v) is 42.6. The van der Waals surface area contributed by atoms with Crippen molar-refractivity contribution in [2.75, 3.05) is 39.6 Å². The number of carbonyl (C=O) groups is 4. The summed E-state index contributed by atoms with van der Waals surface area (Å²) in [6, 6.07) is 0.